The lowest BCUT2D eigenvalue weighted by Gasteiger charge is -2.16. The molecule has 8 heavy (non-hydrogen) atoms. The molecule has 0 saturated carbocycles. The van der Waals surface area contributed by atoms with E-state index in [0.29, 0.717) is 5.92 Å². The van der Waals surface area contributed by atoms with Gasteiger partial charge in [0.05, 0.1) is 12.6 Å². The topological polar surface area (TPSA) is 36.8 Å². The minimum absolute atomic E-state index is 0.223. The Kier molecular flexibility index (Phi) is 3.83. The molecule has 3 N–H and O–H groups in total. The Morgan fingerprint density at radius 1 is 1.62 bits per heavy atom. The van der Waals surface area contributed by atoms with Gasteiger partial charge in [0.2, 0.25) is 0 Å². The highest BCUT2D eigenvalue weighted by atomic mass is 16.3. The summed E-state index contributed by atoms with van der Waals surface area (Å²) in [6, 6.07) is 0.273. The zero-order valence-corrected chi connectivity index (χ0v) is 5.59. The molecular weight excluding hydrogens is 102 g/mol. The smallest absolute Gasteiger partial charge is 0.0930 e. The van der Waals surface area contributed by atoms with Crippen molar-refractivity contribution in [2.75, 3.05) is 6.61 Å². The van der Waals surface area contributed by atoms with Crippen LogP contribution in [-0.4, -0.2) is 17.8 Å². The summed E-state index contributed by atoms with van der Waals surface area (Å²) in [6.45, 7) is 4.37. The van der Waals surface area contributed by atoms with E-state index in [-0.39, 0.29) is 12.6 Å². The molecule has 0 amide bonds. The highest BCUT2D eigenvalue weighted by molar-refractivity contribution is 4.54. The first-order chi connectivity index (χ1) is 3.72. The largest absolute Gasteiger partial charge is 0.474 e. The van der Waals surface area contributed by atoms with Crippen LogP contribution in [0.15, 0.2) is 0 Å². The lowest BCUT2D eigenvalue weighted by molar-refractivity contribution is -0.642. The molecule has 0 aromatic rings. The van der Waals surface area contributed by atoms with Gasteiger partial charge in [-0.05, 0) is 0 Å². The van der Waals surface area contributed by atoms with Crippen LogP contribution in [0.1, 0.15) is 13.8 Å². The fourth-order valence-corrected chi connectivity index (χ4v) is 0.558. The molecule has 0 heterocycles. The Morgan fingerprint density at radius 2 is 2.12 bits per heavy atom. The summed E-state index contributed by atoms with van der Waals surface area (Å²) < 4.78 is 0. The molecule has 0 aromatic heterocycles. The Hall–Kier alpha value is -0.0800. The molecule has 0 bridgehead atoms. The minimum atomic E-state index is 0.223. The molecule has 0 aliphatic heterocycles. The Bertz CT molecular complexity index is 50.5. The molecule has 2 heteroatoms. The standard InChI is InChI=1S/C6H15NO/c1-5(2)6(4-8)7-3/h5-6,8H,3-4,7H2,1-2H3/t6-/m1/s1. The van der Waals surface area contributed by atoms with Gasteiger partial charge in [0.25, 0.3) is 0 Å². The van der Waals surface area contributed by atoms with E-state index in [1.165, 1.54) is 0 Å². The maximum absolute atomic E-state index is 8.63. The highest BCUT2D eigenvalue weighted by Crippen LogP contribution is 1.93. The lowest BCUT2D eigenvalue weighted by Crippen LogP contribution is -2.86. The van der Waals surface area contributed by atoms with Gasteiger partial charge in [-0.15, -0.1) is 0 Å². The zero-order valence-electron chi connectivity index (χ0n) is 5.59. The molecule has 1 atom stereocenters. The summed E-state index contributed by atoms with van der Waals surface area (Å²) in [5, 5.41) is 10.4. The average molecular weight is 117 g/mol. The first kappa shape index (κ1) is 7.92. The maximum Gasteiger partial charge on any atom is 0.0930 e. The molecule has 0 spiro atoms. The molecule has 0 rings (SSSR count). The lowest BCUT2D eigenvalue weighted by atomic mass is 10.1. The van der Waals surface area contributed by atoms with Gasteiger partial charge in [-0.2, -0.15) is 7.05 Å². The van der Waals surface area contributed by atoms with Crippen molar-refractivity contribution in [1.29, 1.82) is 0 Å². The van der Waals surface area contributed by atoms with E-state index < -0.39 is 0 Å². The van der Waals surface area contributed by atoms with Gasteiger partial charge in [0, 0.05) is 5.92 Å². The molecule has 0 fully saturated rings. The third-order valence-electron chi connectivity index (χ3n) is 1.37. The second-order valence-electron chi connectivity index (χ2n) is 2.33. The summed E-state index contributed by atoms with van der Waals surface area (Å²) in [4.78, 5) is 0. The molecule has 2 nitrogen and oxygen atoms in total. The number of aliphatic hydroxyl groups is 1. The van der Waals surface area contributed by atoms with Gasteiger partial charge < -0.3 is 10.4 Å². The van der Waals surface area contributed by atoms with Crippen LogP contribution in [-0.2, 0) is 0 Å². The maximum atomic E-state index is 8.63. The monoisotopic (exact) mass is 117 g/mol. The normalized spacial score (nSPS) is 14.6. The number of hydrogen-bond acceptors (Lipinski definition) is 1. The summed E-state index contributed by atoms with van der Waals surface area (Å²) >= 11 is 0. The number of quaternary nitrogens is 1. The third kappa shape index (κ3) is 2.28. The van der Waals surface area contributed by atoms with E-state index in [2.05, 4.69) is 20.9 Å². The molecule has 0 aliphatic carbocycles. The predicted octanol–water partition coefficient (Wildman–Crippen LogP) is -0.642. The number of hydrogen-bond donors (Lipinski definition) is 2. The van der Waals surface area contributed by atoms with Crippen LogP contribution in [0.4, 0.5) is 0 Å². The first-order valence-corrected chi connectivity index (χ1v) is 2.95. The second kappa shape index (κ2) is 3.87. The van der Waals surface area contributed by atoms with Gasteiger partial charge in [-0.3, -0.25) is 0 Å². The number of nitrogens with two attached hydrogens (primary N) is 1. The number of rotatable bonds is 3. The van der Waals surface area contributed by atoms with Gasteiger partial charge in [-0.1, -0.05) is 13.8 Å². The molecule has 0 saturated heterocycles. The fraction of sp³-hybridized carbons (Fsp3) is 0.833. The van der Waals surface area contributed by atoms with Gasteiger partial charge in [0.15, 0.2) is 0 Å². The Morgan fingerprint density at radius 3 is 2.12 bits per heavy atom. The zero-order chi connectivity index (χ0) is 6.57. The van der Waals surface area contributed by atoms with Crippen LogP contribution in [0.2, 0.25) is 0 Å². The van der Waals surface area contributed by atoms with E-state index in [4.69, 9.17) is 5.11 Å². The quantitative estimate of drug-likeness (QED) is 0.474. The molecular formula is C6H15NO. The van der Waals surface area contributed by atoms with Crippen molar-refractivity contribution < 1.29 is 10.4 Å². The van der Waals surface area contributed by atoms with Crippen LogP contribution < -0.4 is 5.32 Å². The van der Waals surface area contributed by atoms with E-state index >= 15 is 0 Å². The van der Waals surface area contributed by atoms with E-state index in [1.807, 2.05) is 0 Å². The Labute approximate surface area is 50.9 Å². The van der Waals surface area contributed by atoms with E-state index in [1.54, 1.807) is 5.32 Å². The van der Waals surface area contributed by atoms with E-state index in [0.717, 1.165) is 0 Å². The molecule has 0 aliphatic rings. The van der Waals surface area contributed by atoms with Crippen molar-refractivity contribution in [3.05, 3.63) is 7.05 Å². The van der Waals surface area contributed by atoms with Crippen LogP contribution in [0.3, 0.4) is 0 Å². The van der Waals surface area contributed by atoms with Crippen molar-refractivity contribution in [2.45, 2.75) is 19.9 Å². The van der Waals surface area contributed by atoms with Crippen molar-refractivity contribution in [1.82, 2.24) is 0 Å². The summed E-state index contributed by atoms with van der Waals surface area (Å²) in [7, 11) is 3.59. The van der Waals surface area contributed by atoms with Crippen LogP contribution >= 0.6 is 0 Å². The van der Waals surface area contributed by atoms with Gasteiger partial charge in [-0.25, -0.2) is 0 Å². The molecule has 0 unspecified atom stereocenters. The third-order valence-corrected chi connectivity index (χ3v) is 1.37. The van der Waals surface area contributed by atoms with Crippen molar-refractivity contribution in [3.8, 4) is 0 Å². The summed E-state index contributed by atoms with van der Waals surface area (Å²) in [6.07, 6.45) is 0. The first-order valence-electron chi connectivity index (χ1n) is 2.95. The SMILES string of the molecule is [CH2-][NH2+][C@H](CO)C(C)C. The summed E-state index contributed by atoms with van der Waals surface area (Å²) in [5.74, 6) is 0.512. The molecule has 0 aromatic carbocycles. The van der Waals surface area contributed by atoms with E-state index in [9.17, 15) is 0 Å². The molecule has 0 radical (unpaired) electrons. The van der Waals surface area contributed by atoms with Crippen LogP contribution in [0, 0.1) is 13.0 Å². The van der Waals surface area contributed by atoms with Crippen LogP contribution in [0.25, 0.3) is 0 Å². The second-order valence-corrected chi connectivity index (χ2v) is 2.33. The molecule has 50 valence electrons. The highest BCUT2D eigenvalue weighted by Gasteiger charge is 2.08. The number of aliphatic hydroxyl groups excluding tert-OH is 1. The van der Waals surface area contributed by atoms with Crippen LogP contribution in [0.5, 0.6) is 0 Å². The van der Waals surface area contributed by atoms with Gasteiger partial charge in [0.1, 0.15) is 0 Å². The Balaban J connectivity index is 3.35. The van der Waals surface area contributed by atoms with Gasteiger partial charge >= 0.3 is 0 Å². The van der Waals surface area contributed by atoms with Crippen molar-refractivity contribution in [2.24, 2.45) is 5.92 Å². The average Bonchev–Trinajstić information content (AvgIpc) is 1.69. The summed E-state index contributed by atoms with van der Waals surface area (Å²) in [5.41, 5.74) is 0. The van der Waals surface area contributed by atoms with Crippen molar-refractivity contribution in [3.63, 3.8) is 0 Å². The minimum Gasteiger partial charge on any atom is -0.474 e. The fourth-order valence-electron chi connectivity index (χ4n) is 0.558. The van der Waals surface area contributed by atoms with Crippen molar-refractivity contribution >= 4 is 0 Å². The predicted molar refractivity (Wildman–Crippen MR) is 33.0 cm³/mol.